The molecule has 0 bridgehead atoms. The molecule has 4 heteroatoms. The van der Waals surface area contributed by atoms with Gasteiger partial charge in [-0.05, 0) is 37.9 Å². The van der Waals surface area contributed by atoms with Crippen LogP contribution in [0.15, 0.2) is 30.6 Å². The Balaban J connectivity index is 1.76. The van der Waals surface area contributed by atoms with Gasteiger partial charge in [0, 0.05) is 31.5 Å². The smallest absolute Gasteiger partial charge is 0.137 e. The van der Waals surface area contributed by atoms with Gasteiger partial charge in [0.05, 0.1) is 5.69 Å². The van der Waals surface area contributed by atoms with E-state index in [1.165, 1.54) is 6.42 Å². The summed E-state index contributed by atoms with van der Waals surface area (Å²) in [6.45, 7) is 5.11. The van der Waals surface area contributed by atoms with E-state index >= 15 is 0 Å². The fourth-order valence-corrected chi connectivity index (χ4v) is 2.88. The molecule has 0 radical (unpaired) electrons. The third kappa shape index (κ3) is 2.13. The Kier molecular flexibility index (Phi) is 3.06. The minimum Gasteiger partial charge on any atom is -0.330 e. The minimum absolute atomic E-state index is 0.614. The van der Waals surface area contributed by atoms with Gasteiger partial charge < -0.3 is 10.1 Å². The molecule has 0 spiro atoms. The number of nitrogens with two attached hydrogens (primary N) is 1. The van der Waals surface area contributed by atoms with E-state index in [4.69, 9.17) is 5.73 Å². The number of fused-ring (bicyclic) bond motifs is 1. The lowest BCUT2D eigenvalue weighted by Crippen LogP contribution is -2.27. The fraction of sp³-hybridized carbons (Fsp3) is 0.500. The summed E-state index contributed by atoms with van der Waals surface area (Å²) < 4.78 is 2.08. The van der Waals surface area contributed by atoms with Crippen LogP contribution in [-0.2, 0) is 6.54 Å². The first-order chi connectivity index (χ1) is 8.76. The topological polar surface area (TPSA) is 46.6 Å². The van der Waals surface area contributed by atoms with Gasteiger partial charge in [-0.1, -0.05) is 6.07 Å². The third-order valence-corrected chi connectivity index (χ3v) is 3.90. The highest BCUT2D eigenvalue weighted by Crippen LogP contribution is 2.23. The van der Waals surface area contributed by atoms with Crippen LogP contribution in [-0.4, -0.2) is 33.4 Å². The SMILES string of the molecule is CC1CC(CN)CN1Cc1cn2ccccc2n1. The van der Waals surface area contributed by atoms with Crippen molar-refractivity contribution >= 4 is 5.65 Å². The first kappa shape index (κ1) is 11.7. The van der Waals surface area contributed by atoms with Gasteiger partial charge in [0.2, 0.25) is 0 Å². The quantitative estimate of drug-likeness (QED) is 0.890. The Bertz CT molecular complexity index is 500. The number of aromatic nitrogens is 2. The number of hydrogen-bond donors (Lipinski definition) is 1. The van der Waals surface area contributed by atoms with Gasteiger partial charge in [0.25, 0.3) is 0 Å². The summed E-state index contributed by atoms with van der Waals surface area (Å²) in [4.78, 5) is 7.14. The van der Waals surface area contributed by atoms with Gasteiger partial charge in [-0.2, -0.15) is 0 Å². The average Bonchev–Trinajstić information content (AvgIpc) is 2.93. The third-order valence-electron chi connectivity index (χ3n) is 3.90. The minimum atomic E-state index is 0.614. The number of likely N-dealkylation sites (tertiary alicyclic amines) is 1. The molecule has 0 aliphatic carbocycles. The Morgan fingerprint density at radius 3 is 3.06 bits per heavy atom. The molecular formula is C14H20N4. The van der Waals surface area contributed by atoms with Gasteiger partial charge >= 0.3 is 0 Å². The molecule has 1 aliphatic heterocycles. The Morgan fingerprint density at radius 2 is 2.33 bits per heavy atom. The zero-order valence-electron chi connectivity index (χ0n) is 10.8. The average molecular weight is 244 g/mol. The van der Waals surface area contributed by atoms with Crippen molar-refractivity contribution in [1.29, 1.82) is 0 Å². The summed E-state index contributed by atoms with van der Waals surface area (Å²) >= 11 is 0. The second kappa shape index (κ2) is 4.71. The van der Waals surface area contributed by atoms with Crippen LogP contribution in [0.4, 0.5) is 0 Å². The molecule has 18 heavy (non-hydrogen) atoms. The molecule has 2 unspecified atom stereocenters. The molecule has 3 rings (SSSR count). The van der Waals surface area contributed by atoms with E-state index in [-0.39, 0.29) is 0 Å². The zero-order chi connectivity index (χ0) is 12.5. The summed E-state index contributed by atoms with van der Waals surface area (Å²) in [5.74, 6) is 0.650. The molecule has 0 amide bonds. The maximum atomic E-state index is 5.77. The molecule has 0 aromatic carbocycles. The van der Waals surface area contributed by atoms with E-state index in [1.807, 2.05) is 24.4 Å². The van der Waals surface area contributed by atoms with E-state index in [2.05, 4.69) is 27.4 Å². The molecule has 1 aliphatic rings. The number of pyridine rings is 1. The lowest BCUT2D eigenvalue weighted by atomic mass is 10.1. The first-order valence-corrected chi connectivity index (χ1v) is 6.63. The molecule has 96 valence electrons. The molecule has 3 heterocycles. The maximum Gasteiger partial charge on any atom is 0.137 e. The molecule has 1 saturated heterocycles. The fourth-order valence-electron chi connectivity index (χ4n) is 2.88. The zero-order valence-corrected chi connectivity index (χ0v) is 10.8. The van der Waals surface area contributed by atoms with Gasteiger partial charge in [-0.15, -0.1) is 0 Å². The lowest BCUT2D eigenvalue weighted by molar-refractivity contribution is 0.253. The molecular weight excluding hydrogens is 224 g/mol. The summed E-state index contributed by atoms with van der Waals surface area (Å²) in [5.41, 5.74) is 7.93. The van der Waals surface area contributed by atoms with E-state index in [1.54, 1.807) is 0 Å². The maximum absolute atomic E-state index is 5.77. The number of hydrogen-bond acceptors (Lipinski definition) is 3. The second-order valence-corrected chi connectivity index (χ2v) is 5.31. The van der Waals surface area contributed by atoms with Crippen LogP contribution in [0.5, 0.6) is 0 Å². The largest absolute Gasteiger partial charge is 0.330 e. The van der Waals surface area contributed by atoms with Crippen molar-refractivity contribution in [2.75, 3.05) is 13.1 Å². The van der Waals surface area contributed by atoms with Crippen molar-refractivity contribution in [2.45, 2.75) is 25.9 Å². The molecule has 2 N–H and O–H groups in total. The van der Waals surface area contributed by atoms with Crippen molar-refractivity contribution in [1.82, 2.24) is 14.3 Å². The highest BCUT2D eigenvalue weighted by molar-refractivity contribution is 5.39. The van der Waals surface area contributed by atoms with E-state index < -0.39 is 0 Å². The van der Waals surface area contributed by atoms with Crippen LogP contribution in [0.2, 0.25) is 0 Å². The Labute approximate surface area is 107 Å². The van der Waals surface area contributed by atoms with Crippen molar-refractivity contribution in [3.8, 4) is 0 Å². The van der Waals surface area contributed by atoms with E-state index in [9.17, 15) is 0 Å². The summed E-state index contributed by atoms with van der Waals surface area (Å²) in [6, 6.07) is 6.71. The number of imidazole rings is 1. The van der Waals surface area contributed by atoms with E-state index in [0.717, 1.165) is 31.0 Å². The highest BCUT2D eigenvalue weighted by Gasteiger charge is 2.28. The van der Waals surface area contributed by atoms with Gasteiger partial charge in [-0.3, -0.25) is 4.90 Å². The summed E-state index contributed by atoms with van der Waals surface area (Å²) in [7, 11) is 0. The summed E-state index contributed by atoms with van der Waals surface area (Å²) in [6.07, 6.45) is 5.38. The van der Waals surface area contributed by atoms with Crippen molar-refractivity contribution in [2.24, 2.45) is 11.7 Å². The van der Waals surface area contributed by atoms with Crippen molar-refractivity contribution in [3.63, 3.8) is 0 Å². The van der Waals surface area contributed by atoms with Crippen LogP contribution in [0.1, 0.15) is 19.0 Å². The van der Waals surface area contributed by atoms with Crippen LogP contribution in [0.25, 0.3) is 5.65 Å². The lowest BCUT2D eigenvalue weighted by Gasteiger charge is -2.19. The monoisotopic (exact) mass is 244 g/mol. The highest BCUT2D eigenvalue weighted by atomic mass is 15.2. The first-order valence-electron chi connectivity index (χ1n) is 6.63. The normalized spacial score (nSPS) is 25.0. The molecule has 2 atom stereocenters. The predicted octanol–water partition coefficient (Wildman–Crippen LogP) is 1.50. The van der Waals surface area contributed by atoms with E-state index in [0.29, 0.717) is 12.0 Å². The van der Waals surface area contributed by atoms with Crippen molar-refractivity contribution < 1.29 is 0 Å². The van der Waals surface area contributed by atoms with Crippen LogP contribution < -0.4 is 5.73 Å². The molecule has 4 nitrogen and oxygen atoms in total. The van der Waals surface area contributed by atoms with Crippen molar-refractivity contribution in [3.05, 3.63) is 36.3 Å². The molecule has 1 fully saturated rings. The molecule has 0 saturated carbocycles. The van der Waals surface area contributed by atoms with Crippen LogP contribution in [0.3, 0.4) is 0 Å². The van der Waals surface area contributed by atoms with Gasteiger partial charge in [0.15, 0.2) is 0 Å². The Morgan fingerprint density at radius 1 is 1.44 bits per heavy atom. The number of nitrogens with zero attached hydrogens (tertiary/aromatic N) is 3. The predicted molar refractivity (Wildman–Crippen MR) is 72.2 cm³/mol. The van der Waals surface area contributed by atoms with Crippen LogP contribution in [0, 0.1) is 5.92 Å². The second-order valence-electron chi connectivity index (χ2n) is 5.31. The Hall–Kier alpha value is -1.39. The molecule has 2 aromatic rings. The van der Waals surface area contributed by atoms with Gasteiger partial charge in [0.1, 0.15) is 5.65 Å². The molecule has 2 aromatic heterocycles. The number of rotatable bonds is 3. The van der Waals surface area contributed by atoms with Gasteiger partial charge in [-0.25, -0.2) is 4.98 Å². The van der Waals surface area contributed by atoms with Crippen LogP contribution >= 0.6 is 0 Å². The summed E-state index contributed by atoms with van der Waals surface area (Å²) in [5, 5.41) is 0. The standard InChI is InChI=1S/C14H20N4/c1-11-6-12(7-15)8-18(11)10-13-9-17-5-3-2-4-14(17)16-13/h2-5,9,11-12H,6-8,10,15H2,1H3.